The van der Waals surface area contributed by atoms with Gasteiger partial charge in [0.1, 0.15) is 6.07 Å². The number of fused-ring (bicyclic) bond motifs is 1. The number of para-hydroxylation sites is 1. The van der Waals surface area contributed by atoms with Crippen LogP contribution < -0.4 is 0 Å². The van der Waals surface area contributed by atoms with Crippen LogP contribution in [0.3, 0.4) is 0 Å². The highest BCUT2D eigenvalue weighted by Gasteiger charge is 2.20. The number of aromatic nitrogens is 1. The minimum Gasteiger partial charge on any atom is -0.240 e. The SMILES string of the molecule is N#Cc1cn(S(=O)(=O)c2ccc(Br)cc2)c2ccccc12. The number of nitriles is 1. The van der Waals surface area contributed by atoms with Crippen molar-refractivity contribution < 1.29 is 8.42 Å². The number of benzene rings is 2. The molecule has 21 heavy (non-hydrogen) atoms. The molecule has 0 spiro atoms. The molecule has 0 aliphatic rings. The molecule has 0 aliphatic carbocycles. The number of hydrogen-bond donors (Lipinski definition) is 0. The largest absolute Gasteiger partial charge is 0.268 e. The lowest BCUT2D eigenvalue weighted by atomic mass is 10.2. The van der Waals surface area contributed by atoms with Crippen LogP contribution in [-0.4, -0.2) is 12.4 Å². The van der Waals surface area contributed by atoms with Gasteiger partial charge in [0.15, 0.2) is 0 Å². The smallest absolute Gasteiger partial charge is 0.240 e. The van der Waals surface area contributed by atoms with Gasteiger partial charge in [0.2, 0.25) is 0 Å². The van der Waals surface area contributed by atoms with Gasteiger partial charge in [-0.15, -0.1) is 0 Å². The first-order valence-corrected chi connectivity index (χ1v) is 8.28. The Kier molecular flexibility index (Phi) is 3.32. The maximum absolute atomic E-state index is 12.7. The van der Waals surface area contributed by atoms with Crippen LogP contribution in [0, 0.1) is 11.3 Å². The summed E-state index contributed by atoms with van der Waals surface area (Å²) in [6, 6.07) is 15.4. The summed E-state index contributed by atoms with van der Waals surface area (Å²) in [5, 5.41) is 9.78. The zero-order chi connectivity index (χ0) is 15.0. The lowest BCUT2D eigenvalue weighted by Gasteiger charge is -2.07. The molecule has 0 amide bonds. The van der Waals surface area contributed by atoms with Crippen molar-refractivity contribution in [2.75, 3.05) is 0 Å². The highest BCUT2D eigenvalue weighted by molar-refractivity contribution is 9.10. The predicted molar refractivity (Wildman–Crippen MR) is 83.4 cm³/mol. The van der Waals surface area contributed by atoms with E-state index in [1.165, 1.54) is 18.3 Å². The number of nitrogens with zero attached hydrogens (tertiary/aromatic N) is 2. The molecular weight excluding hydrogens is 352 g/mol. The van der Waals surface area contributed by atoms with Crippen molar-refractivity contribution in [1.82, 2.24) is 3.97 Å². The number of halogens is 1. The molecule has 0 aliphatic heterocycles. The van der Waals surface area contributed by atoms with Gasteiger partial charge >= 0.3 is 0 Å². The van der Waals surface area contributed by atoms with Crippen LogP contribution in [-0.2, 0) is 10.0 Å². The first kappa shape index (κ1) is 13.9. The van der Waals surface area contributed by atoms with Gasteiger partial charge in [-0.1, -0.05) is 34.1 Å². The number of rotatable bonds is 2. The third-order valence-electron chi connectivity index (χ3n) is 3.17. The molecule has 0 bridgehead atoms. The zero-order valence-electron chi connectivity index (χ0n) is 10.7. The zero-order valence-corrected chi connectivity index (χ0v) is 13.1. The summed E-state index contributed by atoms with van der Waals surface area (Å²) in [6.45, 7) is 0. The molecule has 0 saturated carbocycles. The monoisotopic (exact) mass is 360 g/mol. The maximum atomic E-state index is 12.7. The van der Waals surface area contributed by atoms with E-state index in [2.05, 4.69) is 15.9 Å². The van der Waals surface area contributed by atoms with Crippen LogP contribution in [0.25, 0.3) is 10.9 Å². The minimum absolute atomic E-state index is 0.177. The van der Waals surface area contributed by atoms with Crippen molar-refractivity contribution in [3.05, 3.63) is 64.8 Å². The average molecular weight is 361 g/mol. The Balaban J connectivity index is 2.30. The fraction of sp³-hybridized carbons (Fsp3) is 0. The molecule has 104 valence electrons. The Bertz CT molecular complexity index is 967. The Morgan fingerprint density at radius 2 is 1.71 bits per heavy atom. The summed E-state index contributed by atoms with van der Waals surface area (Å²) in [5.74, 6) is 0. The topological polar surface area (TPSA) is 62.9 Å². The van der Waals surface area contributed by atoms with Gasteiger partial charge in [-0.25, -0.2) is 12.4 Å². The van der Waals surface area contributed by atoms with E-state index in [-0.39, 0.29) is 4.90 Å². The standard InChI is InChI=1S/C15H9BrN2O2S/c16-12-5-7-13(8-6-12)21(19,20)18-10-11(9-17)14-3-1-2-4-15(14)18/h1-8,10H. The van der Waals surface area contributed by atoms with Crippen LogP contribution in [0.15, 0.2) is 64.1 Å². The van der Waals surface area contributed by atoms with Crippen LogP contribution in [0.1, 0.15) is 5.56 Å². The van der Waals surface area contributed by atoms with E-state index in [1.54, 1.807) is 36.4 Å². The van der Waals surface area contributed by atoms with Crippen molar-refractivity contribution in [3.63, 3.8) is 0 Å². The molecule has 6 heteroatoms. The highest BCUT2D eigenvalue weighted by Crippen LogP contribution is 2.26. The van der Waals surface area contributed by atoms with Crippen LogP contribution >= 0.6 is 15.9 Å². The van der Waals surface area contributed by atoms with E-state index >= 15 is 0 Å². The van der Waals surface area contributed by atoms with E-state index < -0.39 is 10.0 Å². The van der Waals surface area contributed by atoms with Crippen LogP contribution in [0.5, 0.6) is 0 Å². The van der Waals surface area contributed by atoms with Crippen molar-refractivity contribution in [3.8, 4) is 6.07 Å². The minimum atomic E-state index is -3.73. The van der Waals surface area contributed by atoms with Crippen molar-refractivity contribution >= 4 is 36.9 Å². The van der Waals surface area contributed by atoms with E-state index in [0.29, 0.717) is 16.5 Å². The second-order valence-corrected chi connectivity index (χ2v) is 7.16. The third kappa shape index (κ3) is 2.24. The van der Waals surface area contributed by atoms with Crippen molar-refractivity contribution in [2.24, 2.45) is 0 Å². The van der Waals surface area contributed by atoms with Crippen molar-refractivity contribution in [1.29, 1.82) is 5.26 Å². The van der Waals surface area contributed by atoms with E-state index in [9.17, 15) is 8.42 Å². The van der Waals surface area contributed by atoms with Gasteiger partial charge in [0, 0.05) is 16.1 Å². The Morgan fingerprint density at radius 1 is 1.05 bits per heavy atom. The second-order valence-electron chi connectivity index (χ2n) is 4.43. The molecule has 0 atom stereocenters. The van der Waals surface area contributed by atoms with Gasteiger partial charge in [-0.05, 0) is 30.3 Å². The normalized spacial score (nSPS) is 11.4. The molecule has 0 N–H and O–H groups in total. The van der Waals surface area contributed by atoms with Crippen LogP contribution in [0.2, 0.25) is 0 Å². The summed E-state index contributed by atoms with van der Waals surface area (Å²) in [5.41, 5.74) is 0.836. The lowest BCUT2D eigenvalue weighted by Crippen LogP contribution is -2.11. The summed E-state index contributed by atoms with van der Waals surface area (Å²) >= 11 is 3.28. The van der Waals surface area contributed by atoms with Gasteiger partial charge in [0.25, 0.3) is 10.0 Å². The first-order chi connectivity index (χ1) is 10.0. The molecule has 1 heterocycles. The average Bonchev–Trinajstić information content (AvgIpc) is 2.87. The third-order valence-corrected chi connectivity index (χ3v) is 5.39. The molecular formula is C15H9BrN2O2S. The molecule has 0 saturated heterocycles. The lowest BCUT2D eigenvalue weighted by molar-refractivity contribution is 0.589. The van der Waals surface area contributed by atoms with Gasteiger partial charge in [-0.2, -0.15) is 5.26 Å². The predicted octanol–water partition coefficient (Wildman–Crippen LogP) is 3.51. The van der Waals surface area contributed by atoms with Gasteiger partial charge in [-0.3, -0.25) is 0 Å². The fourth-order valence-electron chi connectivity index (χ4n) is 2.16. The molecule has 0 unspecified atom stereocenters. The Morgan fingerprint density at radius 3 is 2.38 bits per heavy atom. The molecule has 1 aromatic heterocycles. The molecule has 4 nitrogen and oxygen atoms in total. The Labute approximate surface area is 130 Å². The summed E-state index contributed by atoms with van der Waals surface area (Å²) < 4.78 is 27.4. The van der Waals surface area contributed by atoms with Gasteiger partial charge < -0.3 is 0 Å². The van der Waals surface area contributed by atoms with Crippen molar-refractivity contribution in [2.45, 2.75) is 4.90 Å². The molecule has 0 fully saturated rings. The quantitative estimate of drug-likeness (QED) is 0.702. The summed E-state index contributed by atoms with van der Waals surface area (Å²) in [6.07, 6.45) is 1.36. The maximum Gasteiger partial charge on any atom is 0.268 e. The molecule has 0 radical (unpaired) electrons. The summed E-state index contributed by atoms with van der Waals surface area (Å²) in [4.78, 5) is 0.177. The van der Waals surface area contributed by atoms with Crippen LogP contribution in [0.4, 0.5) is 0 Å². The first-order valence-electron chi connectivity index (χ1n) is 6.05. The summed E-state index contributed by atoms with van der Waals surface area (Å²) in [7, 11) is -3.73. The Hall–Kier alpha value is -2.10. The fourth-order valence-corrected chi connectivity index (χ4v) is 3.79. The second kappa shape index (κ2) is 5.02. The highest BCUT2D eigenvalue weighted by atomic mass is 79.9. The molecule has 3 aromatic rings. The molecule has 2 aromatic carbocycles. The molecule has 3 rings (SSSR count). The van der Waals surface area contributed by atoms with E-state index in [0.717, 1.165) is 8.45 Å². The van der Waals surface area contributed by atoms with E-state index in [4.69, 9.17) is 5.26 Å². The number of hydrogen-bond acceptors (Lipinski definition) is 3. The van der Waals surface area contributed by atoms with Gasteiger partial charge in [0.05, 0.1) is 16.0 Å². The van der Waals surface area contributed by atoms with E-state index in [1.807, 2.05) is 6.07 Å².